The van der Waals surface area contributed by atoms with Crippen LogP contribution in [0.2, 0.25) is 0 Å². The number of carbonyl (C=O) groups is 1. The van der Waals surface area contributed by atoms with Crippen molar-refractivity contribution in [3.63, 3.8) is 0 Å². The van der Waals surface area contributed by atoms with E-state index in [0.29, 0.717) is 29.2 Å². The number of nitrogens with zero attached hydrogens (tertiary/aromatic N) is 3. The zero-order chi connectivity index (χ0) is 24.4. The van der Waals surface area contributed by atoms with E-state index in [2.05, 4.69) is 24.3 Å². The predicted octanol–water partition coefficient (Wildman–Crippen LogP) is 2.42. The minimum atomic E-state index is -3.84. The standard InChI is InChI=1S/C24H30N6O4S/c25-23-22-19(28-35(32,33)29-23)8-3-9-20(22)34-15-16-5-4-12-30(14-16)21-13-17(10-11-26-21)24(31)27-18-6-1-2-7-18/h3,8-11,13,16,18,28H,1-2,4-7,12,14-15H2,(H2,25,29)(H,27,31)/t16-/m0/s1. The van der Waals surface area contributed by atoms with Crippen LogP contribution in [0.3, 0.4) is 0 Å². The van der Waals surface area contributed by atoms with Gasteiger partial charge in [-0.2, -0.15) is 8.42 Å². The van der Waals surface area contributed by atoms with Crippen LogP contribution < -0.4 is 25.4 Å². The molecule has 11 heteroatoms. The van der Waals surface area contributed by atoms with E-state index in [1.54, 1.807) is 30.5 Å². The summed E-state index contributed by atoms with van der Waals surface area (Å²) in [5, 5.41) is 3.14. The maximum Gasteiger partial charge on any atom is 0.344 e. The van der Waals surface area contributed by atoms with E-state index in [4.69, 9.17) is 10.5 Å². The van der Waals surface area contributed by atoms with E-state index in [0.717, 1.165) is 44.6 Å². The van der Waals surface area contributed by atoms with Gasteiger partial charge in [0, 0.05) is 36.8 Å². The largest absolute Gasteiger partial charge is 0.492 e. The lowest BCUT2D eigenvalue weighted by Crippen LogP contribution is -2.38. The van der Waals surface area contributed by atoms with E-state index < -0.39 is 10.2 Å². The molecule has 0 spiro atoms. The highest BCUT2D eigenvalue weighted by Crippen LogP contribution is 2.31. The van der Waals surface area contributed by atoms with Crippen LogP contribution in [-0.2, 0) is 10.2 Å². The van der Waals surface area contributed by atoms with Gasteiger partial charge in [-0.05, 0) is 49.9 Å². The average Bonchev–Trinajstić information content (AvgIpc) is 3.35. The van der Waals surface area contributed by atoms with Gasteiger partial charge in [0.2, 0.25) is 0 Å². The highest BCUT2D eigenvalue weighted by Gasteiger charge is 2.27. The van der Waals surface area contributed by atoms with Crippen molar-refractivity contribution >= 4 is 33.5 Å². The molecule has 5 rings (SSSR count). The van der Waals surface area contributed by atoms with Crippen molar-refractivity contribution in [2.75, 3.05) is 29.3 Å². The van der Waals surface area contributed by atoms with E-state index in [1.807, 2.05) is 6.07 Å². The summed E-state index contributed by atoms with van der Waals surface area (Å²) in [5.74, 6) is 1.39. The molecule has 10 nitrogen and oxygen atoms in total. The van der Waals surface area contributed by atoms with Crippen molar-refractivity contribution in [3.05, 3.63) is 47.7 Å². The second-order valence-corrected chi connectivity index (χ2v) is 10.7. The highest BCUT2D eigenvalue weighted by atomic mass is 32.2. The topological polar surface area (TPSA) is 139 Å². The first kappa shape index (κ1) is 23.4. The monoisotopic (exact) mass is 498 g/mol. The summed E-state index contributed by atoms with van der Waals surface area (Å²) in [6.45, 7) is 2.04. The summed E-state index contributed by atoms with van der Waals surface area (Å²) in [5.41, 5.74) is 7.37. The number of nitrogens with one attached hydrogen (secondary N) is 2. The van der Waals surface area contributed by atoms with Gasteiger partial charge in [-0.1, -0.05) is 18.9 Å². The molecule has 1 atom stereocenters. The summed E-state index contributed by atoms with van der Waals surface area (Å²) in [6, 6.07) is 9.00. The lowest BCUT2D eigenvalue weighted by Gasteiger charge is -2.33. The van der Waals surface area contributed by atoms with Gasteiger partial charge in [-0.15, -0.1) is 4.40 Å². The third-order valence-corrected chi connectivity index (χ3v) is 7.67. The number of pyridine rings is 1. The Balaban J connectivity index is 1.24. The molecular formula is C24H30N6O4S. The normalized spacial score (nSPS) is 21.5. The Bertz CT molecular complexity index is 1240. The lowest BCUT2D eigenvalue weighted by atomic mass is 9.98. The molecule has 1 aromatic heterocycles. The van der Waals surface area contributed by atoms with Crippen molar-refractivity contribution < 1.29 is 17.9 Å². The fourth-order valence-corrected chi connectivity index (χ4v) is 5.87. The summed E-state index contributed by atoms with van der Waals surface area (Å²) in [7, 11) is -3.84. The van der Waals surface area contributed by atoms with Crippen molar-refractivity contribution in [2.24, 2.45) is 16.0 Å². The van der Waals surface area contributed by atoms with Gasteiger partial charge < -0.3 is 20.7 Å². The Labute approximate surface area is 205 Å². The maximum absolute atomic E-state index is 12.7. The number of ether oxygens (including phenoxy) is 1. The molecule has 2 fully saturated rings. The Hall–Kier alpha value is -3.34. The SMILES string of the molecule is NC1=NS(=O)(=O)Nc2cccc(OC[C@H]3CCCN(c4cc(C(=O)NC5CCCC5)ccn4)C3)c21. The van der Waals surface area contributed by atoms with Gasteiger partial charge in [0.15, 0.2) is 5.84 Å². The van der Waals surface area contributed by atoms with Gasteiger partial charge in [-0.3, -0.25) is 9.52 Å². The molecule has 0 bridgehead atoms. The van der Waals surface area contributed by atoms with Crippen LogP contribution in [0.1, 0.15) is 54.4 Å². The summed E-state index contributed by atoms with van der Waals surface area (Å²) in [4.78, 5) is 19.4. The van der Waals surface area contributed by atoms with Crippen molar-refractivity contribution in [1.29, 1.82) is 0 Å². The first-order valence-electron chi connectivity index (χ1n) is 12.0. The van der Waals surface area contributed by atoms with Crippen LogP contribution in [0.5, 0.6) is 5.75 Å². The maximum atomic E-state index is 12.7. The van der Waals surface area contributed by atoms with Crippen molar-refractivity contribution in [3.8, 4) is 5.75 Å². The first-order chi connectivity index (χ1) is 16.9. The molecule has 1 amide bonds. The van der Waals surface area contributed by atoms with Crippen LogP contribution in [0.15, 0.2) is 40.9 Å². The third-order valence-electron chi connectivity index (χ3n) is 6.76. The summed E-state index contributed by atoms with van der Waals surface area (Å²) >= 11 is 0. The zero-order valence-electron chi connectivity index (χ0n) is 19.4. The Morgan fingerprint density at radius 1 is 1.20 bits per heavy atom. The molecule has 2 aliphatic heterocycles. The molecule has 0 radical (unpaired) electrons. The number of fused-ring (bicyclic) bond motifs is 1. The zero-order valence-corrected chi connectivity index (χ0v) is 20.3. The number of piperidine rings is 1. The number of benzene rings is 1. The predicted molar refractivity (Wildman–Crippen MR) is 134 cm³/mol. The number of carbonyl (C=O) groups excluding carboxylic acids is 1. The number of anilines is 2. The first-order valence-corrected chi connectivity index (χ1v) is 13.5. The molecule has 1 saturated heterocycles. The number of hydrogen-bond donors (Lipinski definition) is 3. The molecular weight excluding hydrogens is 468 g/mol. The molecule has 35 heavy (non-hydrogen) atoms. The van der Waals surface area contributed by atoms with Crippen LogP contribution in [-0.4, -0.2) is 50.9 Å². The molecule has 4 N–H and O–H groups in total. The second kappa shape index (κ2) is 9.73. The third kappa shape index (κ3) is 5.34. The van der Waals surface area contributed by atoms with Crippen molar-refractivity contribution in [1.82, 2.24) is 10.3 Å². The van der Waals surface area contributed by atoms with Crippen LogP contribution in [0, 0.1) is 5.92 Å². The fraction of sp³-hybridized carbons (Fsp3) is 0.458. The van der Waals surface area contributed by atoms with E-state index in [9.17, 15) is 13.2 Å². The summed E-state index contributed by atoms with van der Waals surface area (Å²) < 4.78 is 35.6. The lowest BCUT2D eigenvalue weighted by molar-refractivity contribution is 0.0937. The fourth-order valence-electron chi connectivity index (χ4n) is 5.03. The number of amidine groups is 1. The van der Waals surface area contributed by atoms with E-state index in [-0.39, 0.29) is 23.7 Å². The van der Waals surface area contributed by atoms with Gasteiger partial charge in [-0.25, -0.2) is 4.98 Å². The van der Waals surface area contributed by atoms with E-state index >= 15 is 0 Å². The summed E-state index contributed by atoms with van der Waals surface area (Å²) in [6.07, 6.45) is 8.10. The minimum absolute atomic E-state index is 0.0406. The van der Waals surface area contributed by atoms with Crippen molar-refractivity contribution in [2.45, 2.75) is 44.6 Å². The Morgan fingerprint density at radius 2 is 2.03 bits per heavy atom. The Kier molecular flexibility index (Phi) is 6.50. The average molecular weight is 499 g/mol. The molecule has 3 heterocycles. The van der Waals surface area contributed by atoms with Gasteiger partial charge in [0.05, 0.1) is 17.9 Å². The van der Waals surface area contributed by atoms with Gasteiger partial charge in [0.1, 0.15) is 11.6 Å². The molecule has 2 aromatic rings. The van der Waals surface area contributed by atoms with Crippen LogP contribution in [0.25, 0.3) is 0 Å². The molecule has 186 valence electrons. The van der Waals surface area contributed by atoms with Gasteiger partial charge in [0.25, 0.3) is 5.91 Å². The van der Waals surface area contributed by atoms with E-state index in [1.165, 1.54) is 12.8 Å². The molecule has 3 aliphatic rings. The number of aromatic nitrogens is 1. The number of hydrogen-bond acceptors (Lipinski definition) is 7. The highest BCUT2D eigenvalue weighted by molar-refractivity contribution is 7.91. The molecule has 0 unspecified atom stereocenters. The molecule has 1 saturated carbocycles. The number of nitrogens with two attached hydrogens (primary N) is 1. The Morgan fingerprint density at radius 3 is 2.86 bits per heavy atom. The quantitative estimate of drug-likeness (QED) is 0.556. The molecule has 1 aromatic carbocycles. The van der Waals surface area contributed by atoms with Gasteiger partial charge >= 0.3 is 10.2 Å². The number of rotatable bonds is 6. The molecule has 1 aliphatic carbocycles. The van der Waals surface area contributed by atoms with Crippen LogP contribution in [0.4, 0.5) is 11.5 Å². The second-order valence-electron chi connectivity index (χ2n) is 9.36. The van der Waals surface area contributed by atoms with Crippen LogP contribution >= 0.6 is 0 Å². The smallest absolute Gasteiger partial charge is 0.344 e. The minimum Gasteiger partial charge on any atom is -0.492 e. The number of amides is 1.